The van der Waals surface area contributed by atoms with E-state index in [0.717, 1.165) is 11.1 Å². The molecule has 0 radical (unpaired) electrons. The predicted molar refractivity (Wildman–Crippen MR) is 83.3 cm³/mol. The van der Waals surface area contributed by atoms with E-state index in [1.165, 1.54) is 24.3 Å². The molecule has 0 fully saturated rings. The Morgan fingerprint density at radius 1 is 1.09 bits per heavy atom. The van der Waals surface area contributed by atoms with Crippen molar-refractivity contribution < 1.29 is 17.9 Å². The summed E-state index contributed by atoms with van der Waals surface area (Å²) >= 11 is 0. The smallest absolute Gasteiger partial charge is 0.406 e. The Kier molecular flexibility index (Phi) is 5.10. The number of alkyl halides is 3. The number of guanidine groups is 1. The zero-order valence-electron chi connectivity index (χ0n) is 12.4. The highest BCUT2D eigenvalue weighted by atomic mass is 19.4. The van der Waals surface area contributed by atoms with E-state index in [4.69, 9.17) is 5.73 Å². The number of hydrogen-bond acceptors (Lipinski definition) is 2. The van der Waals surface area contributed by atoms with Gasteiger partial charge in [0.05, 0.1) is 6.54 Å². The minimum atomic E-state index is -4.70. The molecule has 0 aromatic heterocycles. The molecule has 4 nitrogen and oxygen atoms in total. The van der Waals surface area contributed by atoms with Crippen LogP contribution in [0.4, 0.5) is 18.9 Å². The van der Waals surface area contributed by atoms with Gasteiger partial charge in [-0.05, 0) is 36.8 Å². The normalized spacial score (nSPS) is 12.1. The van der Waals surface area contributed by atoms with Crippen molar-refractivity contribution in [3.63, 3.8) is 0 Å². The van der Waals surface area contributed by atoms with E-state index in [1.807, 2.05) is 31.2 Å². The van der Waals surface area contributed by atoms with Gasteiger partial charge in [0.25, 0.3) is 0 Å². The average molecular weight is 323 g/mol. The Bertz CT molecular complexity index is 664. The van der Waals surface area contributed by atoms with Crippen LogP contribution in [0.1, 0.15) is 11.1 Å². The van der Waals surface area contributed by atoms with Crippen molar-refractivity contribution in [2.75, 3.05) is 5.32 Å². The zero-order valence-corrected chi connectivity index (χ0v) is 12.4. The predicted octanol–water partition coefficient (Wildman–Crippen LogP) is 3.82. The molecule has 0 saturated carbocycles. The van der Waals surface area contributed by atoms with Gasteiger partial charge in [-0.25, -0.2) is 4.99 Å². The summed E-state index contributed by atoms with van der Waals surface area (Å²) in [6.07, 6.45) is -4.70. The van der Waals surface area contributed by atoms with Crippen molar-refractivity contribution in [3.8, 4) is 5.75 Å². The van der Waals surface area contributed by atoms with Gasteiger partial charge in [0, 0.05) is 5.69 Å². The second-order valence-electron chi connectivity index (χ2n) is 4.88. The molecule has 2 rings (SSSR count). The second kappa shape index (κ2) is 7.04. The first-order valence-corrected chi connectivity index (χ1v) is 6.80. The summed E-state index contributed by atoms with van der Waals surface area (Å²) in [5.41, 5.74) is 8.44. The molecule has 0 saturated heterocycles. The molecule has 0 unspecified atom stereocenters. The number of nitrogens with zero attached hydrogens (tertiary/aromatic N) is 1. The number of aliphatic imine (C=N–C) groups is 1. The lowest BCUT2D eigenvalue weighted by atomic mass is 10.1. The minimum absolute atomic E-state index is 0.176. The van der Waals surface area contributed by atoms with E-state index >= 15 is 0 Å². The molecule has 0 aliphatic rings. The standard InChI is InChI=1S/C16H16F3N3O/c1-11-2-4-12(5-3-11)10-21-15(20)22-13-6-8-14(9-7-13)23-16(17,18)19/h2-9H,10H2,1H3,(H3,20,21,22). The van der Waals surface area contributed by atoms with Crippen LogP contribution >= 0.6 is 0 Å². The van der Waals surface area contributed by atoms with Crippen LogP contribution in [0, 0.1) is 6.92 Å². The Morgan fingerprint density at radius 3 is 2.26 bits per heavy atom. The average Bonchev–Trinajstić information content (AvgIpc) is 2.47. The molecule has 2 aromatic carbocycles. The van der Waals surface area contributed by atoms with Crippen molar-refractivity contribution >= 4 is 11.6 Å². The van der Waals surface area contributed by atoms with Gasteiger partial charge in [0.1, 0.15) is 5.75 Å². The third-order valence-electron chi connectivity index (χ3n) is 2.91. The van der Waals surface area contributed by atoms with Gasteiger partial charge in [-0.15, -0.1) is 13.2 Å². The van der Waals surface area contributed by atoms with Crippen LogP contribution in [0.2, 0.25) is 0 Å². The number of ether oxygens (including phenoxy) is 1. The lowest BCUT2D eigenvalue weighted by Gasteiger charge is -2.10. The van der Waals surface area contributed by atoms with Crippen molar-refractivity contribution in [3.05, 3.63) is 59.7 Å². The molecule has 3 N–H and O–H groups in total. The molecule has 0 aliphatic heterocycles. The third-order valence-corrected chi connectivity index (χ3v) is 2.91. The van der Waals surface area contributed by atoms with Crippen LogP contribution in [0.25, 0.3) is 0 Å². The fourth-order valence-corrected chi connectivity index (χ4v) is 1.80. The van der Waals surface area contributed by atoms with Crippen LogP contribution in [-0.2, 0) is 6.54 Å². The van der Waals surface area contributed by atoms with Crippen LogP contribution in [-0.4, -0.2) is 12.3 Å². The molecule has 0 atom stereocenters. The molecular formula is C16H16F3N3O. The van der Waals surface area contributed by atoms with Crippen molar-refractivity contribution in [1.29, 1.82) is 0 Å². The maximum atomic E-state index is 12.1. The Hall–Kier alpha value is -2.70. The summed E-state index contributed by atoms with van der Waals surface area (Å²) in [4.78, 5) is 4.17. The minimum Gasteiger partial charge on any atom is -0.406 e. The van der Waals surface area contributed by atoms with Gasteiger partial charge in [0.15, 0.2) is 5.96 Å². The molecule has 0 bridgehead atoms. The first-order chi connectivity index (χ1) is 10.8. The van der Waals surface area contributed by atoms with Gasteiger partial charge in [-0.2, -0.15) is 0 Å². The summed E-state index contributed by atoms with van der Waals surface area (Å²) in [6.45, 7) is 2.41. The van der Waals surface area contributed by atoms with Crippen molar-refractivity contribution in [1.82, 2.24) is 0 Å². The van der Waals surface area contributed by atoms with E-state index in [9.17, 15) is 13.2 Å². The van der Waals surface area contributed by atoms with Crippen LogP contribution in [0.3, 0.4) is 0 Å². The second-order valence-corrected chi connectivity index (χ2v) is 4.88. The summed E-state index contributed by atoms with van der Waals surface area (Å²) in [7, 11) is 0. The highest BCUT2D eigenvalue weighted by Gasteiger charge is 2.30. The first-order valence-electron chi connectivity index (χ1n) is 6.80. The van der Waals surface area contributed by atoms with E-state index in [1.54, 1.807) is 0 Å². The summed E-state index contributed by atoms with van der Waals surface area (Å²) in [5.74, 6) is -0.117. The van der Waals surface area contributed by atoms with Crippen LogP contribution in [0.5, 0.6) is 5.75 Å². The topological polar surface area (TPSA) is 59.6 Å². The van der Waals surface area contributed by atoms with Crippen molar-refractivity contribution in [2.45, 2.75) is 19.8 Å². The van der Waals surface area contributed by atoms with Gasteiger partial charge >= 0.3 is 6.36 Å². The van der Waals surface area contributed by atoms with Gasteiger partial charge in [-0.3, -0.25) is 0 Å². The first kappa shape index (κ1) is 16.7. The molecule has 23 heavy (non-hydrogen) atoms. The summed E-state index contributed by atoms with van der Waals surface area (Å²) < 4.78 is 40.0. The number of rotatable bonds is 4. The van der Waals surface area contributed by atoms with Crippen molar-refractivity contribution in [2.24, 2.45) is 10.7 Å². The highest BCUT2D eigenvalue weighted by molar-refractivity contribution is 5.92. The Morgan fingerprint density at radius 2 is 1.70 bits per heavy atom. The number of hydrogen-bond donors (Lipinski definition) is 2. The number of anilines is 1. The molecule has 7 heteroatoms. The number of aryl methyl sites for hydroxylation is 1. The van der Waals surface area contributed by atoms with E-state index in [-0.39, 0.29) is 11.7 Å². The van der Waals surface area contributed by atoms with Gasteiger partial charge in [-0.1, -0.05) is 29.8 Å². The molecule has 0 heterocycles. The molecular weight excluding hydrogens is 307 g/mol. The maximum Gasteiger partial charge on any atom is 0.573 e. The molecule has 0 spiro atoms. The number of nitrogens with one attached hydrogen (secondary N) is 1. The Labute approximate surface area is 131 Å². The molecule has 2 aromatic rings. The number of nitrogens with two attached hydrogens (primary N) is 1. The van der Waals surface area contributed by atoms with Crippen LogP contribution in [0.15, 0.2) is 53.5 Å². The molecule has 0 aliphatic carbocycles. The van der Waals surface area contributed by atoms with Gasteiger partial charge < -0.3 is 15.8 Å². The quantitative estimate of drug-likeness (QED) is 0.664. The fourth-order valence-electron chi connectivity index (χ4n) is 1.80. The lowest BCUT2D eigenvalue weighted by Crippen LogP contribution is -2.22. The third kappa shape index (κ3) is 5.90. The van der Waals surface area contributed by atoms with E-state index in [0.29, 0.717) is 12.2 Å². The van der Waals surface area contributed by atoms with E-state index in [2.05, 4.69) is 15.0 Å². The monoisotopic (exact) mass is 323 g/mol. The maximum absolute atomic E-state index is 12.1. The zero-order chi connectivity index (χ0) is 16.9. The number of benzene rings is 2. The fraction of sp³-hybridized carbons (Fsp3) is 0.188. The lowest BCUT2D eigenvalue weighted by molar-refractivity contribution is -0.274. The highest BCUT2D eigenvalue weighted by Crippen LogP contribution is 2.23. The summed E-state index contributed by atoms with van der Waals surface area (Å²) in [6, 6.07) is 13.1. The summed E-state index contributed by atoms with van der Waals surface area (Å²) in [5, 5.41) is 2.80. The van der Waals surface area contributed by atoms with Gasteiger partial charge in [0.2, 0.25) is 0 Å². The Balaban J connectivity index is 1.92. The number of halogens is 3. The molecule has 0 amide bonds. The van der Waals surface area contributed by atoms with Crippen LogP contribution < -0.4 is 15.8 Å². The molecule has 122 valence electrons. The van der Waals surface area contributed by atoms with E-state index < -0.39 is 6.36 Å². The largest absolute Gasteiger partial charge is 0.573 e. The SMILES string of the molecule is Cc1ccc(CN=C(N)Nc2ccc(OC(F)(F)F)cc2)cc1.